The topological polar surface area (TPSA) is 116 Å². The number of hydrogen-bond acceptors (Lipinski definition) is 8. The summed E-state index contributed by atoms with van der Waals surface area (Å²) in [5, 5.41) is 13.2. The van der Waals surface area contributed by atoms with Gasteiger partial charge in [0.05, 0.1) is 21.7 Å². The molecule has 3 saturated carbocycles. The number of benzene rings is 1. The first-order chi connectivity index (χ1) is 18.7. The molecule has 7 rings (SSSR count). The molecule has 2 N–H and O–H groups in total. The number of fused-ring (bicyclic) bond motifs is 2. The Morgan fingerprint density at radius 3 is 2.44 bits per heavy atom. The Morgan fingerprint density at radius 1 is 1.05 bits per heavy atom. The first kappa shape index (κ1) is 25.4. The maximum absolute atomic E-state index is 13.4. The van der Waals surface area contributed by atoms with E-state index in [-0.39, 0.29) is 28.7 Å². The van der Waals surface area contributed by atoms with Crippen molar-refractivity contribution in [2.75, 3.05) is 30.4 Å². The van der Waals surface area contributed by atoms with Crippen molar-refractivity contribution < 1.29 is 18.3 Å². The van der Waals surface area contributed by atoms with Crippen LogP contribution in [-0.4, -0.2) is 71.8 Å². The van der Waals surface area contributed by atoms with Crippen molar-refractivity contribution in [1.29, 1.82) is 0 Å². The van der Waals surface area contributed by atoms with E-state index in [1.807, 2.05) is 4.90 Å². The SMILES string of the molecule is CN1CCC2(CC1)CC(S(=O)(=O)c1ccc(Nc3ncc4c(n3)N(C3CCC[C@@H](O)C3)C(=O)C43CC3)cc1)C2. The molecule has 4 fully saturated rings. The zero-order chi connectivity index (χ0) is 27.0. The second-order valence-electron chi connectivity index (χ2n) is 12.7. The van der Waals surface area contributed by atoms with Crippen LogP contribution < -0.4 is 10.2 Å². The summed E-state index contributed by atoms with van der Waals surface area (Å²) in [7, 11) is -1.23. The molecule has 1 amide bonds. The molecule has 208 valence electrons. The molecule has 5 aliphatic rings. The number of aliphatic hydroxyl groups is 1. The molecular formula is C29H37N5O4S. The van der Waals surface area contributed by atoms with Gasteiger partial charge in [-0.15, -0.1) is 0 Å². The number of likely N-dealkylation sites (tertiary alicyclic amines) is 1. The molecule has 0 bridgehead atoms. The molecule has 2 aromatic rings. The van der Waals surface area contributed by atoms with E-state index in [1.165, 1.54) is 0 Å². The first-order valence-electron chi connectivity index (χ1n) is 14.4. The summed E-state index contributed by atoms with van der Waals surface area (Å²) in [4.78, 5) is 27.2. The summed E-state index contributed by atoms with van der Waals surface area (Å²) in [6.45, 7) is 2.10. The van der Waals surface area contributed by atoms with Gasteiger partial charge in [0.2, 0.25) is 11.9 Å². The fraction of sp³-hybridized carbons (Fsp3) is 0.621. The molecule has 1 aromatic heterocycles. The molecule has 3 heterocycles. The summed E-state index contributed by atoms with van der Waals surface area (Å²) in [6, 6.07) is 6.81. The quantitative estimate of drug-likeness (QED) is 0.580. The Morgan fingerprint density at radius 2 is 1.77 bits per heavy atom. The summed E-state index contributed by atoms with van der Waals surface area (Å²) >= 11 is 0. The van der Waals surface area contributed by atoms with Crippen LogP contribution in [0.4, 0.5) is 17.5 Å². The van der Waals surface area contributed by atoms with Crippen molar-refractivity contribution in [2.45, 2.75) is 91.9 Å². The molecule has 39 heavy (non-hydrogen) atoms. The van der Waals surface area contributed by atoms with Gasteiger partial charge < -0.3 is 15.3 Å². The van der Waals surface area contributed by atoms with Gasteiger partial charge in [-0.1, -0.05) is 0 Å². The normalized spacial score (nSPS) is 27.9. The van der Waals surface area contributed by atoms with Crippen LogP contribution in [0.2, 0.25) is 0 Å². The van der Waals surface area contributed by atoms with Crippen LogP contribution in [0.3, 0.4) is 0 Å². The van der Waals surface area contributed by atoms with E-state index in [4.69, 9.17) is 4.98 Å². The third kappa shape index (κ3) is 4.17. The number of sulfone groups is 1. The standard InChI is InChI=1S/C29H37N5O4S/c1-33-13-11-28(12-14-33)16-23(17-28)39(37,38)22-7-5-19(6-8-22)31-27-30-18-24-25(32-27)34(26(36)29(24)9-10-29)20-3-2-4-21(35)15-20/h5-8,18,20-21,23,35H,2-4,9-17H2,1H3,(H,30,31,32)/t20?,21-/m1/s1. The van der Waals surface area contributed by atoms with Crippen LogP contribution in [0.15, 0.2) is 35.4 Å². The molecule has 1 saturated heterocycles. The summed E-state index contributed by atoms with van der Waals surface area (Å²) < 4.78 is 26.6. The molecule has 3 aliphatic carbocycles. The lowest BCUT2D eigenvalue weighted by Gasteiger charge is -2.51. The molecule has 2 spiro atoms. The Bertz CT molecular complexity index is 1390. The molecule has 10 heteroatoms. The van der Waals surface area contributed by atoms with E-state index < -0.39 is 15.3 Å². The van der Waals surface area contributed by atoms with Gasteiger partial charge >= 0.3 is 0 Å². The van der Waals surface area contributed by atoms with Gasteiger partial charge in [-0.3, -0.25) is 9.69 Å². The zero-order valence-corrected chi connectivity index (χ0v) is 23.3. The number of aliphatic hydroxyl groups excluding tert-OH is 1. The average Bonchev–Trinajstić information content (AvgIpc) is 3.66. The average molecular weight is 552 g/mol. The molecule has 1 aromatic carbocycles. The lowest BCUT2D eigenvalue weighted by molar-refractivity contribution is -0.121. The maximum Gasteiger partial charge on any atom is 0.239 e. The fourth-order valence-electron chi connectivity index (χ4n) is 7.39. The van der Waals surface area contributed by atoms with Crippen LogP contribution in [0.25, 0.3) is 0 Å². The molecule has 9 nitrogen and oxygen atoms in total. The van der Waals surface area contributed by atoms with E-state index >= 15 is 0 Å². The highest BCUT2D eigenvalue weighted by atomic mass is 32.2. The van der Waals surface area contributed by atoms with Crippen LogP contribution in [0.1, 0.15) is 69.8 Å². The lowest BCUT2D eigenvalue weighted by Crippen LogP contribution is -2.50. The number of nitrogens with zero attached hydrogens (tertiary/aromatic N) is 4. The van der Waals surface area contributed by atoms with Crippen molar-refractivity contribution in [3.63, 3.8) is 0 Å². The molecular weight excluding hydrogens is 514 g/mol. The number of nitrogens with one attached hydrogen (secondary N) is 1. The van der Waals surface area contributed by atoms with Crippen LogP contribution in [0.5, 0.6) is 0 Å². The second kappa shape index (κ2) is 8.97. The van der Waals surface area contributed by atoms with E-state index in [1.54, 1.807) is 30.5 Å². The van der Waals surface area contributed by atoms with E-state index in [2.05, 4.69) is 22.2 Å². The molecule has 2 aliphatic heterocycles. The molecule has 1 unspecified atom stereocenters. The van der Waals surface area contributed by atoms with Gasteiger partial charge in [-0.2, -0.15) is 4.98 Å². The number of carbonyl (C=O) groups excluding carboxylic acids is 1. The van der Waals surface area contributed by atoms with Crippen molar-refractivity contribution in [2.24, 2.45) is 5.41 Å². The van der Waals surface area contributed by atoms with Gasteiger partial charge in [0.25, 0.3) is 0 Å². The van der Waals surface area contributed by atoms with E-state index in [0.29, 0.717) is 28.8 Å². The van der Waals surface area contributed by atoms with Gasteiger partial charge in [-0.25, -0.2) is 13.4 Å². The van der Waals surface area contributed by atoms with Crippen molar-refractivity contribution in [3.8, 4) is 0 Å². The summed E-state index contributed by atoms with van der Waals surface area (Å²) in [5.41, 5.74) is 1.31. The van der Waals surface area contributed by atoms with Crippen molar-refractivity contribution in [1.82, 2.24) is 14.9 Å². The third-order valence-electron chi connectivity index (χ3n) is 10.1. The Hall–Kier alpha value is -2.56. The Labute approximate surface area is 229 Å². The molecule has 0 radical (unpaired) electrons. The number of hydrogen-bond donors (Lipinski definition) is 2. The van der Waals surface area contributed by atoms with Crippen molar-refractivity contribution in [3.05, 3.63) is 36.0 Å². The van der Waals surface area contributed by atoms with Gasteiger partial charge in [0.15, 0.2) is 9.84 Å². The predicted octanol–water partition coefficient (Wildman–Crippen LogP) is 3.55. The van der Waals surface area contributed by atoms with Crippen LogP contribution in [-0.2, 0) is 20.0 Å². The number of anilines is 3. The van der Waals surface area contributed by atoms with Gasteiger partial charge in [0.1, 0.15) is 5.82 Å². The summed E-state index contributed by atoms with van der Waals surface area (Å²) in [5.74, 6) is 1.12. The van der Waals surface area contributed by atoms with E-state index in [0.717, 1.165) is 76.4 Å². The lowest BCUT2D eigenvalue weighted by atomic mass is 9.63. The first-order valence-corrected chi connectivity index (χ1v) is 15.9. The van der Waals surface area contributed by atoms with Crippen LogP contribution in [0, 0.1) is 5.41 Å². The smallest absolute Gasteiger partial charge is 0.239 e. The monoisotopic (exact) mass is 551 g/mol. The zero-order valence-electron chi connectivity index (χ0n) is 22.5. The fourth-order valence-corrected chi connectivity index (χ4v) is 9.44. The minimum atomic E-state index is -3.36. The third-order valence-corrected chi connectivity index (χ3v) is 12.3. The Kier molecular flexibility index (Phi) is 5.85. The minimum Gasteiger partial charge on any atom is -0.393 e. The Balaban J connectivity index is 1.07. The van der Waals surface area contributed by atoms with E-state index in [9.17, 15) is 18.3 Å². The van der Waals surface area contributed by atoms with Crippen molar-refractivity contribution >= 4 is 33.2 Å². The van der Waals surface area contributed by atoms with Crippen LogP contribution >= 0.6 is 0 Å². The highest BCUT2D eigenvalue weighted by Gasteiger charge is 2.61. The number of amides is 1. The largest absolute Gasteiger partial charge is 0.393 e. The predicted molar refractivity (Wildman–Crippen MR) is 148 cm³/mol. The molecule has 2 atom stereocenters. The number of aromatic nitrogens is 2. The number of carbonyl (C=O) groups is 1. The number of rotatable bonds is 5. The highest BCUT2D eigenvalue weighted by Crippen LogP contribution is 2.58. The van der Waals surface area contributed by atoms with Gasteiger partial charge in [-0.05, 0) is 114 Å². The summed E-state index contributed by atoms with van der Waals surface area (Å²) in [6.07, 6.45) is 9.82. The highest BCUT2D eigenvalue weighted by molar-refractivity contribution is 7.92. The van der Waals surface area contributed by atoms with Gasteiger partial charge in [0, 0.05) is 23.5 Å². The number of piperidine rings is 1. The maximum atomic E-state index is 13.4. The second-order valence-corrected chi connectivity index (χ2v) is 14.9. The minimum absolute atomic E-state index is 0.0487.